The van der Waals surface area contributed by atoms with E-state index in [2.05, 4.69) is 53.3 Å². The zero-order valence-electron chi connectivity index (χ0n) is 12.3. The Balaban J connectivity index is 2.06. The Labute approximate surface area is 116 Å². The predicted octanol–water partition coefficient (Wildman–Crippen LogP) is 1.05. The highest BCUT2D eigenvalue weighted by Crippen LogP contribution is 2.13. The van der Waals surface area contributed by atoms with E-state index in [9.17, 15) is 0 Å². The first-order chi connectivity index (χ1) is 9.15. The number of nitrogens with one attached hydrogen (secondary N) is 1. The van der Waals surface area contributed by atoms with Crippen LogP contribution in [0, 0.1) is 5.92 Å². The summed E-state index contributed by atoms with van der Waals surface area (Å²) in [5.41, 5.74) is 1.17. The highest BCUT2D eigenvalue weighted by atomic mass is 15.2. The van der Waals surface area contributed by atoms with Crippen LogP contribution >= 0.6 is 0 Å². The third kappa shape index (κ3) is 4.56. The van der Waals surface area contributed by atoms with Crippen molar-refractivity contribution in [3.63, 3.8) is 0 Å². The van der Waals surface area contributed by atoms with E-state index in [0.29, 0.717) is 12.0 Å². The second-order valence-corrected chi connectivity index (χ2v) is 5.93. The van der Waals surface area contributed by atoms with Gasteiger partial charge in [0.1, 0.15) is 0 Å². The fraction of sp³-hybridized carbons (Fsp3) is 0.667. The number of aromatic nitrogens is 1. The molecule has 1 saturated heterocycles. The maximum absolute atomic E-state index is 4.47. The molecule has 1 N–H and O–H groups in total. The number of hydrogen-bond donors (Lipinski definition) is 1. The van der Waals surface area contributed by atoms with Crippen molar-refractivity contribution < 1.29 is 0 Å². The fourth-order valence-corrected chi connectivity index (χ4v) is 2.73. The van der Waals surface area contributed by atoms with E-state index in [0.717, 1.165) is 32.7 Å². The quantitative estimate of drug-likeness (QED) is 0.879. The minimum absolute atomic E-state index is 0.557. The molecule has 1 aliphatic heterocycles. The van der Waals surface area contributed by atoms with E-state index in [1.165, 1.54) is 5.69 Å². The molecule has 0 amide bonds. The Hall–Kier alpha value is -0.970. The van der Waals surface area contributed by atoms with Gasteiger partial charge < -0.3 is 10.2 Å². The summed E-state index contributed by atoms with van der Waals surface area (Å²) in [4.78, 5) is 9.31. The molecule has 106 valence electrons. The van der Waals surface area contributed by atoms with Crippen LogP contribution in [0.25, 0.3) is 0 Å². The summed E-state index contributed by atoms with van der Waals surface area (Å²) in [7, 11) is 4.29. The molecule has 1 aromatic rings. The highest BCUT2D eigenvalue weighted by Gasteiger charge is 2.24. The van der Waals surface area contributed by atoms with Crippen molar-refractivity contribution in [2.45, 2.75) is 19.5 Å². The van der Waals surface area contributed by atoms with Crippen LogP contribution in [0.3, 0.4) is 0 Å². The van der Waals surface area contributed by atoms with Crippen molar-refractivity contribution in [2.24, 2.45) is 5.92 Å². The number of hydrogen-bond acceptors (Lipinski definition) is 4. The van der Waals surface area contributed by atoms with Gasteiger partial charge in [0.05, 0.1) is 5.69 Å². The molecule has 2 atom stereocenters. The van der Waals surface area contributed by atoms with Crippen LogP contribution in [0.1, 0.15) is 12.6 Å². The Morgan fingerprint density at radius 2 is 2.21 bits per heavy atom. The molecule has 0 bridgehead atoms. The molecule has 2 rings (SSSR count). The molecule has 0 saturated carbocycles. The predicted molar refractivity (Wildman–Crippen MR) is 79.0 cm³/mol. The van der Waals surface area contributed by atoms with Crippen LogP contribution in [0.15, 0.2) is 24.4 Å². The van der Waals surface area contributed by atoms with Crippen LogP contribution in [-0.2, 0) is 6.54 Å². The lowest BCUT2D eigenvalue weighted by Gasteiger charge is -2.32. The van der Waals surface area contributed by atoms with Gasteiger partial charge in [-0.1, -0.05) is 13.0 Å². The van der Waals surface area contributed by atoms with Crippen molar-refractivity contribution in [1.82, 2.24) is 20.1 Å². The molecule has 0 spiro atoms. The summed E-state index contributed by atoms with van der Waals surface area (Å²) in [6.07, 6.45) is 1.88. The lowest BCUT2D eigenvalue weighted by Crippen LogP contribution is -2.45. The molecular formula is C15H26N4. The number of likely N-dealkylation sites (N-methyl/N-ethyl adjacent to an activating group) is 1. The first-order valence-corrected chi connectivity index (χ1v) is 7.14. The number of rotatable bonds is 4. The molecular weight excluding hydrogens is 236 g/mol. The zero-order chi connectivity index (χ0) is 13.7. The molecule has 4 nitrogen and oxygen atoms in total. The van der Waals surface area contributed by atoms with E-state index in [-0.39, 0.29) is 0 Å². The van der Waals surface area contributed by atoms with Crippen molar-refractivity contribution in [3.05, 3.63) is 30.1 Å². The molecule has 4 heteroatoms. The van der Waals surface area contributed by atoms with Crippen LogP contribution in [0.5, 0.6) is 0 Å². The molecule has 1 fully saturated rings. The van der Waals surface area contributed by atoms with Gasteiger partial charge in [0.2, 0.25) is 0 Å². The molecule has 1 aliphatic rings. The fourth-order valence-electron chi connectivity index (χ4n) is 2.73. The zero-order valence-corrected chi connectivity index (χ0v) is 12.3. The van der Waals surface area contributed by atoms with E-state index in [1.807, 2.05) is 12.3 Å². The van der Waals surface area contributed by atoms with Gasteiger partial charge in [-0.05, 0) is 38.7 Å². The summed E-state index contributed by atoms with van der Waals surface area (Å²) in [5.74, 6) is 0.691. The van der Waals surface area contributed by atoms with Gasteiger partial charge in [-0.3, -0.25) is 9.88 Å². The van der Waals surface area contributed by atoms with Gasteiger partial charge in [-0.25, -0.2) is 0 Å². The third-order valence-corrected chi connectivity index (χ3v) is 3.60. The smallest absolute Gasteiger partial charge is 0.0544 e. The van der Waals surface area contributed by atoms with Crippen LogP contribution in [0.4, 0.5) is 0 Å². The van der Waals surface area contributed by atoms with Gasteiger partial charge in [-0.15, -0.1) is 0 Å². The second kappa shape index (κ2) is 6.98. The second-order valence-electron chi connectivity index (χ2n) is 5.93. The number of nitrogens with zero attached hydrogens (tertiary/aromatic N) is 3. The van der Waals surface area contributed by atoms with Gasteiger partial charge in [0, 0.05) is 38.4 Å². The molecule has 0 radical (unpaired) electrons. The largest absolute Gasteiger partial charge is 0.315 e. The highest BCUT2D eigenvalue weighted by molar-refractivity contribution is 5.04. The van der Waals surface area contributed by atoms with Gasteiger partial charge in [-0.2, -0.15) is 0 Å². The van der Waals surface area contributed by atoms with E-state index in [1.54, 1.807) is 0 Å². The topological polar surface area (TPSA) is 31.4 Å². The molecule has 2 unspecified atom stereocenters. The average Bonchev–Trinajstić information content (AvgIpc) is 2.53. The normalized spacial score (nSPS) is 25.5. The molecule has 2 heterocycles. The summed E-state index contributed by atoms with van der Waals surface area (Å²) in [5, 5.41) is 3.58. The molecule has 0 aromatic carbocycles. The Morgan fingerprint density at radius 3 is 2.89 bits per heavy atom. The van der Waals surface area contributed by atoms with E-state index in [4.69, 9.17) is 0 Å². The molecule has 0 aliphatic carbocycles. The minimum atomic E-state index is 0.557. The lowest BCUT2D eigenvalue weighted by molar-refractivity contribution is 0.151. The first-order valence-electron chi connectivity index (χ1n) is 7.14. The summed E-state index contributed by atoms with van der Waals surface area (Å²) >= 11 is 0. The summed E-state index contributed by atoms with van der Waals surface area (Å²) in [6, 6.07) is 6.73. The van der Waals surface area contributed by atoms with Crippen molar-refractivity contribution in [2.75, 3.05) is 40.3 Å². The first kappa shape index (κ1) is 14.4. The van der Waals surface area contributed by atoms with Crippen LogP contribution in [-0.4, -0.2) is 61.1 Å². The summed E-state index contributed by atoms with van der Waals surface area (Å²) in [6.45, 7) is 7.68. The van der Waals surface area contributed by atoms with Crippen LogP contribution in [0.2, 0.25) is 0 Å². The SMILES string of the molecule is CC1CNCC(CN(C)C)N(Cc2ccccn2)C1. The minimum Gasteiger partial charge on any atom is -0.315 e. The van der Waals surface area contributed by atoms with Crippen molar-refractivity contribution in [1.29, 1.82) is 0 Å². The number of pyridine rings is 1. The Kier molecular flexibility index (Phi) is 5.31. The lowest BCUT2D eigenvalue weighted by atomic mass is 10.1. The van der Waals surface area contributed by atoms with Gasteiger partial charge >= 0.3 is 0 Å². The van der Waals surface area contributed by atoms with Gasteiger partial charge in [0.25, 0.3) is 0 Å². The maximum Gasteiger partial charge on any atom is 0.0544 e. The van der Waals surface area contributed by atoms with Gasteiger partial charge in [0.15, 0.2) is 0 Å². The Bertz CT molecular complexity index is 366. The molecule has 1 aromatic heterocycles. The average molecular weight is 262 g/mol. The van der Waals surface area contributed by atoms with E-state index < -0.39 is 0 Å². The monoisotopic (exact) mass is 262 g/mol. The Morgan fingerprint density at radius 1 is 1.37 bits per heavy atom. The van der Waals surface area contributed by atoms with E-state index >= 15 is 0 Å². The van der Waals surface area contributed by atoms with Crippen LogP contribution < -0.4 is 5.32 Å². The van der Waals surface area contributed by atoms with Crippen molar-refractivity contribution >= 4 is 0 Å². The summed E-state index contributed by atoms with van der Waals surface area (Å²) < 4.78 is 0. The third-order valence-electron chi connectivity index (χ3n) is 3.60. The van der Waals surface area contributed by atoms with Crippen molar-refractivity contribution in [3.8, 4) is 0 Å². The molecule has 19 heavy (non-hydrogen) atoms. The standard InChI is InChI=1S/C15H26N4/c1-13-8-16-9-15(12-18(2)3)19(10-13)11-14-6-4-5-7-17-14/h4-7,13,15-16H,8-12H2,1-3H3. The maximum atomic E-state index is 4.47.